The maximum atomic E-state index is 11.6. The van der Waals surface area contributed by atoms with E-state index in [1.807, 2.05) is 90.6 Å². The second-order valence-electron chi connectivity index (χ2n) is 15.6. The van der Waals surface area contributed by atoms with Crippen molar-refractivity contribution >= 4 is 70.9 Å². The first-order valence-corrected chi connectivity index (χ1v) is 25.2. The molecule has 0 N–H and O–H groups in total. The zero-order valence-corrected chi connectivity index (χ0v) is 46.7. The van der Waals surface area contributed by atoms with Gasteiger partial charge in [-0.25, -0.2) is 25.3 Å². The largest absolute Gasteiger partial charge is 1.00 e. The number of nitrogens with zero attached hydrogens (tertiary/aromatic N) is 4. The van der Waals surface area contributed by atoms with Crippen LogP contribution in [0.25, 0.3) is 0 Å². The first kappa shape index (κ1) is 60.0. The standard InChI is InChI=1S/C39H58N4O12S4.3Na/c1-7-40(20-10-24-56-55-54-44)30-16-18-34-32(28-30)38(3,4)36(42(34)22-12-26-58(48,49)50)14-9-15-37-39(5,6)33-29-31(41(8-2)21-11-25-57(45,46)47)17-19-35(33)43(37)23-13-27-59(51,52)53;;;/h9,14-19,28-29H,7-8,10-13,20-27H2,1-6H3,(H3-,44,45,46,47,48,49,50,51,52,53);;;/q;3*+1/p-3. The molecule has 330 valence electrons. The molecule has 62 heavy (non-hydrogen) atoms. The summed E-state index contributed by atoms with van der Waals surface area (Å²) in [6, 6.07) is 12.0. The van der Waals surface area contributed by atoms with Crippen molar-refractivity contribution < 1.29 is 147 Å². The van der Waals surface area contributed by atoms with Crippen molar-refractivity contribution in [1.82, 2.24) is 0 Å². The predicted molar refractivity (Wildman–Crippen MR) is 226 cm³/mol. The number of hydrogen-bond donors (Lipinski definition) is 0. The van der Waals surface area contributed by atoms with Crippen molar-refractivity contribution in [3.63, 3.8) is 0 Å². The molecule has 0 saturated heterocycles. The Labute approximate surface area is 439 Å². The minimum Gasteiger partial charge on any atom is -0.748 e. The van der Waals surface area contributed by atoms with Gasteiger partial charge in [0.1, 0.15) is 6.54 Å². The van der Waals surface area contributed by atoms with Gasteiger partial charge < -0.3 is 33.6 Å². The topological polar surface area (TPSA) is 226 Å². The van der Waals surface area contributed by atoms with E-state index in [4.69, 9.17) is 0 Å². The number of rotatable bonds is 24. The maximum absolute atomic E-state index is 11.6. The third-order valence-corrected chi connectivity index (χ3v) is 13.8. The van der Waals surface area contributed by atoms with E-state index in [-0.39, 0.29) is 121 Å². The summed E-state index contributed by atoms with van der Waals surface area (Å²) >= 11 is 0.938. The molecule has 0 unspecified atom stereocenters. The Bertz CT molecular complexity index is 2240. The zero-order valence-electron chi connectivity index (χ0n) is 37.4. The van der Waals surface area contributed by atoms with Gasteiger partial charge >= 0.3 is 88.7 Å². The molecular formula is C39H55N4Na3O12S4. The van der Waals surface area contributed by atoms with Crippen molar-refractivity contribution in [1.29, 1.82) is 0 Å². The molecule has 0 fully saturated rings. The molecule has 0 amide bonds. The molecule has 2 aromatic carbocycles. The smallest absolute Gasteiger partial charge is 0.748 e. The molecule has 2 aliphatic heterocycles. The van der Waals surface area contributed by atoms with E-state index >= 15 is 0 Å². The molecule has 0 atom stereocenters. The van der Waals surface area contributed by atoms with Gasteiger partial charge in [0.05, 0.1) is 35.8 Å². The van der Waals surface area contributed by atoms with Crippen LogP contribution in [-0.4, -0.2) is 111 Å². The van der Waals surface area contributed by atoms with Crippen LogP contribution in [0.5, 0.6) is 0 Å². The van der Waals surface area contributed by atoms with Gasteiger partial charge in [-0.15, -0.1) is 0 Å². The van der Waals surface area contributed by atoms with Crippen LogP contribution in [0.1, 0.15) is 78.4 Å². The van der Waals surface area contributed by atoms with Crippen LogP contribution >= 0.6 is 12.0 Å². The summed E-state index contributed by atoms with van der Waals surface area (Å²) in [5, 5.41) is 13.6. The van der Waals surface area contributed by atoms with Crippen molar-refractivity contribution in [2.24, 2.45) is 0 Å². The quantitative estimate of drug-likeness (QED) is 0.0183. The normalized spacial score (nSPS) is 16.2. The predicted octanol–water partition coefficient (Wildman–Crippen LogP) is -4.97. The molecular weight excluding hydrogens is 914 g/mol. The Morgan fingerprint density at radius 1 is 0.742 bits per heavy atom. The number of anilines is 3. The van der Waals surface area contributed by atoms with Gasteiger partial charge in [0.2, 0.25) is 5.69 Å². The second-order valence-corrected chi connectivity index (χ2v) is 20.9. The van der Waals surface area contributed by atoms with Gasteiger partial charge in [-0.05, 0) is 88.9 Å². The van der Waals surface area contributed by atoms with Crippen LogP contribution in [-0.2, 0) is 50.6 Å². The molecule has 0 radical (unpaired) electrons. The Morgan fingerprint density at radius 3 is 1.84 bits per heavy atom. The monoisotopic (exact) mass is 968 g/mol. The molecule has 2 aliphatic rings. The number of allylic oxidation sites excluding steroid dienone is 4. The summed E-state index contributed by atoms with van der Waals surface area (Å²) in [5.41, 5.74) is 6.02. The van der Waals surface area contributed by atoms with Crippen LogP contribution in [0, 0.1) is 0 Å². The van der Waals surface area contributed by atoms with E-state index in [9.17, 15) is 44.2 Å². The average molecular weight is 969 g/mol. The summed E-state index contributed by atoms with van der Waals surface area (Å²) in [5.74, 6) is -0.971. The van der Waals surface area contributed by atoms with Crippen molar-refractivity contribution in [2.45, 2.75) is 78.1 Å². The zero-order chi connectivity index (χ0) is 43.8. The fourth-order valence-corrected chi connectivity index (χ4v) is 9.77. The number of fused-ring (bicyclic) bond motifs is 2. The van der Waals surface area contributed by atoms with Crippen LogP contribution in [0.3, 0.4) is 0 Å². The van der Waals surface area contributed by atoms with E-state index in [0.717, 1.165) is 70.3 Å². The van der Waals surface area contributed by atoms with E-state index in [1.165, 1.54) is 0 Å². The molecule has 4 rings (SSSR count). The van der Waals surface area contributed by atoms with Gasteiger partial charge in [-0.1, -0.05) is 19.9 Å². The summed E-state index contributed by atoms with van der Waals surface area (Å²) in [7, 11) is -13.3. The number of benzene rings is 2. The minimum absolute atomic E-state index is 0. The molecule has 0 aromatic heterocycles. The van der Waals surface area contributed by atoms with Crippen molar-refractivity contribution in [3.05, 3.63) is 71.5 Å². The maximum Gasteiger partial charge on any atom is 1.00 e. The summed E-state index contributed by atoms with van der Waals surface area (Å²) in [6.45, 7) is 15.1. The Kier molecular flexibility index (Phi) is 25.1. The molecule has 0 aliphatic carbocycles. The fourth-order valence-electron chi connectivity index (χ4n) is 7.97. The van der Waals surface area contributed by atoms with Gasteiger partial charge in [-0.2, -0.15) is 8.91 Å². The van der Waals surface area contributed by atoms with E-state index < -0.39 is 58.4 Å². The Hall–Kier alpha value is -0.0500. The van der Waals surface area contributed by atoms with E-state index in [2.05, 4.69) is 34.2 Å². The van der Waals surface area contributed by atoms with Gasteiger partial charge in [-0.3, -0.25) is 5.04 Å². The second kappa shape index (κ2) is 25.9. The third-order valence-electron chi connectivity index (χ3n) is 10.9. The van der Waals surface area contributed by atoms with Crippen LogP contribution in [0.15, 0.2) is 60.3 Å². The van der Waals surface area contributed by atoms with E-state index in [1.54, 1.807) is 0 Å². The van der Waals surface area contributed by atoms with Gasteiger partial charge in [0.15, 0.2) is 5.71 Å². The van der Waals surface area contributed by atoms with Crippen molar-refractivity contribution in [3.8, 4) is 0 Å². The first-order valence-electron chi connectivity index (χ1n) is 19.5. The average Bonchev–Trinajstić information content (AvgIpc) is 3.47. The Balaban J connectivity index is 0.00000641. The fraction of sp³-hybridized carbons (Fsp3) is 0.564. The molecule has 2 heterocycles. The molecule has 2 aromatic rings. The molecule has 23 heteroatoms. The van der Waals surface area contributed by atoms with Crippen molar-refractivity contribution in [2.75, 3.05) is 77.0 Å². The van der Waals surface area contributed by atoms with Crippen LogP contribution in [0.4, 0.5) is 22.7 Å². The van der Waals surface area contributed by atoms with Crippen LogP contribution in [0.2, 0.25) is 0 Å². The summed E-state index contributed by atoms with van der Waals surface area (Å²) in [4.78, 5) is 6.24. The SMILES string of the molecule is CCN(CCCSOO[O-])c1ccc2c(c1)C(C)(C)/C(=C\C=CC1=[N+](CCCS(=O)(=O)[O-])c3ccc(N(CC)CCCS(=O)(=O)[O-])cc3C1(C)C)N2CCCS(=O)(=O)[O-].[Na+].[Na+].[Na+]. The molecule has 16 nitrogen and oxygen atoms in total. The molecule has 0 spiro atoms. The van der Waals surface area contributed by atoms with Gasteiger partial charge in [0.25, 0.3) is 0 Å². The minimum atomic E-state index is -4.46. The van der Waals surface area contributed by atoms with Crippen LogP contribution < -0.4 is 109 Å². The summed E-state index contributed by atoms with van der Waals surface area (Å²) in [6.07, 6.45) is 6.93. The third kappa shape index (κ3) is 16.6. The van der Waals surface area contributed by atoms with E-state index in [0.29, 0.717) is 25.4 Å². The first-order chi connectivity index (χ1) is 27.5. The van der Waals surface area contributed by atoms with Gasteiger partial charge in [0, 0.05) is 120 Å². The number of hydrogen-bond acceptors (Lipinski definition) is 16. The Morgan fingerprint density at radius 2 is 1.27 bits per heavy atom. The molecule has 0 bridgehead atoms. The molecule has 0 saturated carbocycles. The summed E-state index contributed by atoms with van der Waals surface area (Å²) < 4.78 is 110.